The highest BCUT2D eigenvalue weighted by Crippen LogP contribution is 2.21. The van der Waals surface area contributed by atoms with Gasteiger partial charge in [0.05, 0.1) is 4.88 Å². The molecule has 0 aliphatic rings. The molecule has 2 amide bonds. The highest BCUT2D eigenvalue weighted by atomic mass is 32.1. The van der Waals surface area contributed by atoms with Gasteiger partial charge in [-0.3, -0.25) is 20.4 Å². The number of hydrazine groups is 1. The van der Waals surface area contributed by atoms with Crippen LogP contribution in [-0.2, 0) is 16.0 Å². The predicted molar refractivity (Wildman–Crippen MR) is 98.7 cm³/mol. The molecule has 0 aliphatic carbocycles. The number of halogens is 1. The third-order valence-corrected chi connectivity index (χ3v) is 4.46. The van der Waals surface area contributed by atoms with Crippen molar-refractivity contribution in [2.75, 3.05) is 0 Å². The molecule has 1 unspecified atom stereocenters. The van der Waals surface area contributed by atoms with Crippen LogP contribution in [0.4, 0.5) is 4.39 Å². The zero-order valence-corrected chi connectivity index (χ0v) is 15.7. The number of aryl methyl sites for hydroxylation is 1. The maximum absolute atomic E-state index is 12.9. The van der Waals surface area contributed by atoms with Gasteiger partial charge in [-0.25, -0.2) is 4.39 Å². The van der Waals surface area contributed by atoms with Crippen molar-refractivity contribution in [3.8, 4) is 16.5 Å². The molecule has 28 heavy (non-hydrogen) atoms. The van der Waals surface area contributed by atoms with Crippen LogP contribution in [0.15, 0.2) is 46.3 Å². The van der Waals surface area contributed by atoms with Crippen molar-refractivity contribution in [2.24, 2.45) is 0 Å². The van der Waals surface area contributed by atoms with Crippen LogP contribution in [0, 0.1) is 5.82 Å². The third kappa shape index (κ3) is 5.36. The van der Waals surface area contributed by atoms with Gasteiger partial charge in [-0.15, -0.1) is 11.3 Å². The Labute approximate surface area is 163 Å². The van der Waals surface area contributed by atoms with Gasteiger partial charge in [0.25, 0.3) is 5.91 Å². The molecular formula is C18H17FN4O4S. The Balaban J connectivity index is 1.40. The van der Waals surface area contributed by atoms with Crippen LogP contribution in [0.3, 0.4) is 0 Å². The number of thiophene rings is 1. The van der Waals surface area contributed by atoms with Gasteiger partial charge in [0.2, 0.25) is 17.6 Å². The fourth-order valence-corrected chi connectivity index (χ4v) is 2.80. The molecular weight excluding hydrogens is 387 g/mol. The maximum Gasteiger partial charge on any atom is 0.279 e. The van der Waals surface area contributed by atoms with E-state index in [0.717, 1.165) is 4.88 Å². The first-order valence-electron chi connectivity index (χ1n) is 8.38. The normalized spacial score (nSPS) is 11.6. The van der Waals surface area contributed by atoms with E-state index in [4.69, 9.17) is 9.26 Å². The predicted octanol–water partition coefficient (Wildman–Crippen LogP) is 2.48. The van der Waals surface area contributed by atoms with E-state index in [1.807, 2.05) is 17.5 Å². The van der Waals surface area contributed by atoms with Crippen molar-refractivity contribution >= 4 is 23.2 Å². The highest BCUT2D eigenvalue weighted by Gasteiger charge is 2.16. The van der Waals surface area contributed by atoms with Crippen molar-refractivity contribution in [1.82, 2.24) is 21.0 Å². The van der Waals surface area contributed by atoms with Crippen LogP contribution in [0.2, 0.25) is 0 Å². The maximum atomic E-state index is 12.9. The summed E-state index contributed by atoms with van der Waals surface area (Å²) in [5.41, 5.74) is 4.57. The van der Waals surface area contributed by atoms with E-state index in [0.29, 0.717) is 17.5 Å². The van der Waals surface area contributed by atoms with E-state index in [1.165, 1.54) is 42.5 Å². The standard InChI is InChI=1S/C18H17FN4O4S/c1-11(26-13-6-4-12(19)5-7-13)18(25)22-21-15(24)8-9-16-20-17(23-27-16)14-3-2-10-28-14/h2-7,10-11H,8-9H2,1H3,(H,21,24)(H,22,25). The van der Waals surface area contributed by atoms with Crippen molar-refractivity contribution in [3.05, 3.63) is 53.5 Å². The molecule has 0 aliphatic heterocycles. The average Bonchev–Trinajstić information content (AvgIpc) is 3.37. The summed E-state index contributed by atoms with van der Waals surface area (Å²) in [5, 5.41) is 5.77. The Morgan fingerprint density at radius 3 is 2.75 bits per heavy atom. The van der Waals surface area contributed by atoms with Crippen molar-refractivity contribution < 1.29 is 23.2 Å². The number of carbonyl (C=O) groups excluding carboxylic acids is 2. The van der Waals surface area contributed by atoms with Crippen LogP contribution < -0.4 is 15.6 Å². The van der Waals surface area contributed by atoms with Gasteiger partial charge in [-0.05, 0) is 42.6 Å². The smallest absolute Gasteiger partial charge is 0.279 e. The van der Waals surface area contributed by atoms with E-state index in [9.17, 15) is 14.0 Å². The Morgan fingerprint density at radius 2 is 2.04 bits per heavy atom. The molecule has 10 heteroatoms. The first-order chi connectivity index (χ1) is 13.5. The molecule has 1 aromatic carbocycles. The number of nitrogens with one attached hydrogen (secondary N) is 2. The van der Waals surface area contributed by atoms with Gasteiger partial charge in [0, 0.05) is 12.8 Å². The Hall–Kier alpha value is -3.27. The summed E-state index contributed by atoms with van der Waals surface area (Å²) >= 11 is 1.49. The quantitative estimate of drug-likeness (QED) is 0.586. The lowest BCUT2D eigenvalue weighted by atomic mass is 10.3. The number of rotatable bonds is 7. The SMILES string of the molecule is CC(Oc1ccc(F)cc1)C(=O)NNC(=O)CCc1nc(-c2cccs2)no1. The molecule has 0 radical (unpaired) electrons. The fraction of sp³-hybridized carbons (Fsp3) is 0.222. The largest absolute Gasteiger partial charge is 0.481 e. The van der Waals surface area contributed by atoms with Crippen LogP contribution in [0.5, 0.6) is 5.75 Å². The molecule has 2 heterocycles. The zero-order chi connectivity index (χ0) is 19.9. The number of amides is 2. The topological polar surface area (TPSA) is 106 Å². The minimum absolute atomic E-state index is 0.0551. The lowest BCUT2D eigenvalue weighted by Gasteiger charge is -2.15. The number of hydrogen-bond donors (Lipinski definition) is 2. The number of carbonyl (C=O) groups is 2. The lowest BCUT2D eigenvalue weighted by Crippen LogP contribution is -2.47. The number of benzene rings is 1. The van der Waals surface area contributed by atoms with Gasteiger partial charge in [-0.1, -0.05) is 11.2 Å². The van der Waals surface area contributed by atoms with Crippen LogP contribution in [0.1, 0.15) is 19.2 Å². The zero-order valence-electron chi connectivity index (χ0n) is 14.8. The van der Waals surface area contributed by atoms with Crippen molar-refractivity contribution in [1.29, 1.82) is 0 Å². The summed E-state index contributed by atoms with van der Waals surface area (Å²) in [6.45, 7) is 1.51. The minimum atomic E-state index is -0.880. The monoisotopic (exact) mass is 404 g/mol. The Kier molecular flexibility index (Phi) is 6.33. The number of hydrogen-bond acceptors (Lipinski definition) is 7. The molecule has 0 fully saturated rings. The highest BCUT2D eigenvalue weighted by molar-refractivity contribution is 7.13. The van der Waals surface area contributed by atoms with Gasteiger partial charge in [-0.2, -0.15) is 4.98 Å². The molecule has 2 N–H and O–H groups in total. The van der Waals surface area contributed by atoms with E-state index in [2.05, 4.69) is 21.0 Å². The molecule has 0 spiro atoms. The molecule has 8 nitrogen and oxygen atoms in total. The second-order valence-corrected chi connectivity index (χ2v) is 6.69. The Bertz CT molecular complexity index is 927. The molecule has 2 aromatic heterocycles. The van der Waals surface area contributed by atoms with Gasteiger partial charge < -0.3 is 9.26 Å². The summed E-state index contributed by atoms with van der Waals surface area (Å²) in [5.74, 6) is -0.217. The average molecular weight is 404 g/mol. The summed E-state index contributed by atoms with van der Waals surface area (Å²) < 4.78 is 23.3. The summed E-state index contributed by atoms with van der Waals surface area (Å²) in [6, 6.07) is 9.02. The molecule has 1 atom stereocenters. The number of nitrogens with zero attached hydrogens (tertiary/aromatic N) is 2. The molecule has 0 saturated carbocycles. The van der Waals surface area contributed by atoms with Crippen molar-refractivity contribution in [2.45, 2.75) is 25.9 Å². The van der Waals surface area contributed by atoms with E-state index in [1.54, 1.807) is 0 Å². The van der Waals surface area contributed by atoms with E-state index >= 15 is 0 Å². The van der Waals surface area contributed by atoms with Crippen LogP contribution in [-0.4, -0.2) is 28.1 Å². The van der Waals surface area contributed by atoms with Crippen LogP contribution >= 0.6 is 11.3 Å². The summed E-state index contributed by atoms with van der Waals surface area (Å²) in [6.07, 6.45) is -0.587. The van der Waals surface area contributed by atoms with Crippen LogP contribution in [0.25, 0.3) is 10.7 Å². The van der Waals surface area contributed by atoms with E-state index < -0.39 is 23.7 Å². The third-order valence-electron chi connectivity index (χ3n) is 3.60. The molecule has 3 rings (SSSR count). The number of aromatic nitrogens is 2. The lowest BCUT2D eigenvalue weighted by molar-refractivity contribution is -0.132. The first kappa shape index (κ1) is 19.5. The first-order valence-corrected chi connectivity index (χ1v) is 9.26. The molecule has 3 aromatic rings. The minimum Gasteiger partial charge on any atom is -0.481 e. The summed E-state index contributed by atoms with van der Waals surface area (Å²) in [4.78, 5) is 28.9. The second kappa shape index (κ2) is 9.09. The van der Waals surface area contributed by atoms with Gasteiger partial charge in [0.15, 0.2) is 6.10 Å². The fourth-order valence-electron chi connectivity index (χ4n) is 2.15. The van der Waals surface area contributed by atoms with Gasteiger partial charge in [0.1, 0.15) is 11.6 Å². The van der Waals surface area contributed by atoms with Gasteiger partial charge >= 0.3 is 0 Å². The molecule has 146 valence electrons. The Morgan fingerprint density at radius 1 is 1.25 bits per heavy atom. The molecule has 0 saturated heterocycles. The van der Waals surface area contributed by atoms with E-state index in [-0.39, 0.29) is 12.8 Å². The van der Waals surface area contributed by atoms with Crippen molar-refractivity contribution in [3.63, 3.8) is 0 Å². The number of ether oxygens (including phenoxy) is 1. The second-order valence-electron chi connectivity index (χ2n) is 5.74. The molecule has 0 bridgehead atoms. The summed E-state index contributed by atoms with van der Waals surface area (Å²) in [7, 11) is 0.